The van der Waals surface area contributed by atoms with Crippen molar-refractivity contribution in [3.8, 4) is 11.8 Å². The van der Waals surface area contributed by atoms with Gasteiger partial charge in [-0.1, -0.05) is 33.8 Å². The second-order valence-electron chi connectivity index (χ2n) is 3.63. The van der Waals surface area contributed by atoms with Gasteiger partial charge in [-0.15, -0.1) is 0 Å². The number of carbonyl (C=O) groups excluding carboxylic acids is 1. The molecule has 1 nitrogen and oxygen atoms in total. The van der Waals surface area contributed by atoms with E-state index in [1.165, 1.54) is 11.1 Å². The molecule has 0 N–H and O–H groups in total. The average Bonchev–Trinajstić information content (AvgIpc) is 2.26. The highest BCUT2D eigenvalue weighted by atomic mass is 79.9. The largest absolute Gasteiger partial charge is 0.299 e. The zero-order chi connectivity index (χ0) is 10.7. The minimum absolute atomic E-state index is 0.349. The van der Waals surface area contributed by atoms with Gasteiger partial charge in [-0.2, -0.15) is 0 Å². The van der Waals surface area contributed by atoms with Gasteiger partial charge in [0.15, 0.2) is 0 Å². The lowest BCUT2D eigenvalue weighted by Crippen LogP contribution is -2.13. The highest BCUT2D eigenvalue weighted by Crippen LogP contribution is 2.20. The van der Waals surface area contributed by atoms with Crippen LogP contribution in [0, 0.1) is 11.8 Å². The molecule has 0 heterocycles. The van der Waals surface area contributed by atoms with Crippen molar-refractivity contribution in [2.24, 2.45) is 0 Å². The summed E-state index contributed by atoms with van der Waals surface area (Å²) in [5.74, 6) is 6.40. The lowest BCUT2D eigenvalue weighted by Gasteiger charge is -2.14. The minimum atomic E-state index is 0.349. The van der Waals surface area contributed by atoms with Gasteiger partial charge in [-0.25, -0.2) is 0 Å². The fraction of sp³-hybridized carbons (Fsp3) is 0.308. The van der Waals surface area contributed by atoms with E-state index in [0.717, 1.165) is 12.0 Å². The molecule has 2 heteroatoms. The van der Waals surface area contributed by atoms with E-state index in [2.05, 4.69) is 33.8 Å². The molecule has 0 saturated heterocycles. The number of benzene rings is 1. The summed E-state index contributed by atoms with van der Waals surface area (Å²) in [5, 5.41) is 0.697. The van der Waals surface area contributed by atoms with Crippen LogP contribution in [0.2, 0.25) is 0 Å². The molecule has 76 valence electrons. The number of aryl methyl sites for hydroxylation is 1. The van der Waals surface area contributed by atoms with Gasteiger partial charge in [-0.3, -0.25) is 4.79 Å². The maximum Gasteiger partial charge on any atom is 0.137 e. The molecule has 1 aliphatic rings. The third-order valence-electron chi connectivity index (χ3n) is 2.57. The average molecular weight is 263 g/mol. The number of hydrogen-bond acceptors (Lipinski definition) is 1. The molecule has 0 amide bonds. The van der Waals surface area contributed by atoms with Gasteiger partial charge in [0.2, 0.25) is 0 Å². The number of hydrogen-bond donors (Lipinski definition) is 0. The molecule has 0 aromatic heterocycles. The second-order valence-corrected chi connectivity index (χ2v) is 4.20. The van der Waals surface area contributed by atoms with E-state index in [1.54, 1.807) is 0 Å². The summed E-state index contributed by atoms with van der Waals surface area (Å²) >= 11 is 3.27. The summed E-state index contributed by atoms with van der Waals surface area (Å²) < 4.78 is 0. The van der Waals surface area contributed by atoms with Crippen LogP contribution < -0.4 is 0 Å². The minimum Gasteiger partial charge on any atom is -0.299 e. The first-order chi connectivity index (χ1) is 7.29. The van der Waals surface area contributed by atoms with Crippen molar-refractivity contribution in [1.82, 2.24) is 0 Å². The molecular formula is C13H11BrO. The van der Waals surface area contributed by atoms with Crippen LogP contribution in [0.15, 0.2) is 18.2 Å². The van der Waals surface area contributed by atoms with Gasteiger partial charge >= 0.3 is 0 Å². The Hall–Kier alpha value is -1.07. The zero-order valence-corrected chi connectivity index (χ0v) is 9.93. The van der Waals surface area contributed by atoms with Crippen LogP contribution in [0.25, 0.3) is 0 Å². The van der Waals surface area contributed by atoms with Gasteiger partial charge in [0, 0.05) is 18.4 Å². The van der Waals surface area contributed by atoms with Crippen LogP contribution in [0.1, 0.15) is 23.1 Å². The van der Waals surface area contributed by atoms with Crippen LogP contribution in [0.4, 0.5) is 0 Å². The normalized spacial score (nSPS) is 14.1. The Labute approximate surface area is 98.0 Å². The van der Waals surface area contributed by atoms with E-state index in [0.29, 0.717) is 24.0 Å². The number of alkyl halides is 1. The molecule has 1 aromatic carbocycles. The van der Waals surface area contributed by atoms with Crippen LogP contribution in [0.3, 0.4) is 0 Å². The predicted molar refractivity (Wildman–Crippen MR) is 64.1 cm³/mol. The molecule has 15 heavy (non-hydrogen) atoms. The molecule has 0 radical (unpaired) electrons. The molecule has 0 fully saturated rings. The van der Waals surface area contributed by atoms with Crippen molar-refractivity contribution in [2.45, 2.75) is 19.3 Å². The maximum absolute atomic E-state index is 11.2. The highest BCUT2D eigenvalue weighted by molar-refractivity contribution is 9.09. The number of halogens is 1. The molecule has 2 rings (SSSR count). The molecule has 1 aliphatic carbocycles. The number of ketones is 1. The Bertz CT molecular complexity index is 451. The molecule has 0 atom stereocenters. The van der Waals surface area contributed by atoms with Crippen LogP contribution >= 0.6 is 15.9 Å². The van der Waals surface area contributed by atoms with Crippen molar-refractivity contribution in [1.29, 1.82) is 0 Å². The van der Waals surface area contributed by atoms with E-state index >= 15 is 0 Å². The van der Waals surface area contributed by atoms with Crippen molar-refractivity contribution >= 4 is 21.7 Å². The summed E-state index contributed by atoms with van der Waals surface area (Å²) in [4.78, 5) is 11.2. The van der Waals surface area contributed by atoms with Gasteiger partial charge in [0.25, 0.3) is 0 Å². The van der Waals surface area contributed by atoms with E-state index in [1.807, 2.05) is 12.1 Å². The number of fused-ring (bicyclic) bond motifs is 1. The monoisotopic (exact) mass is 262 g/mol. The lowest BCUT2D eigenvalue weighted by atomic mass is 9.90. The van der Waals surface area contributed by atoms with Crippen molar-refractivity contribution < 1.29 is 4.79 Å². The van der Waals surface area contributed by atoms with Crippen LogP contribution in [0.5, 0.6) is 0 Å². The Morgan fingerprint density at radius 2 is 2.13 bits per heavy atom. The number of Topliss-reactive ketones (excluding diaryl/α,β-unsaturated/α-hetero) is 1. The molecule has 0 unspecified atom stereocenters. The molecule has 0 saturated carbocycles. The topological polar surface area (TPSA) is 17.1 Å². The molecular weight excluding hydrogens is 252 g/mol. The van der Waals surface area contributed by atoms with Gasteiger partial charge in [0.05, 0.1) is 5.33 Å². The number of carbonyl (C=O) groups is 1. The molecule has 0 aliphatic heterocycles. The van der Waals surface area contributed by atoms with E-state index in [4.69, 9.17) is 0 Å². The summed E-state index contributed by atoms with van der Waals surface area (Å²) in [5.41, 5.74) is 3.51. The zero-order valence-electron chi connectivity index (χ0n) is 8.35. The van der Waals surface area contributed by atoms with Gasteiger partial charge in [-0.05, 0) is 29.7 Å². The van der Waals surface area contributed by atoms with Gasteiger partial charge < -0.3 is 0 Å². The highest BCUT2D eigenvalue weighted by Gasteiger charge is 2.14. The fourth-order valence-corrected chi connectivity index (χ4v) is 1.96. The third kappa shape index (κ3) is 2.49. The quantitative estimate of drug-likeness (QED) is 0.519. The Morgan fingerprint density at radius 1 is 1.27 bits per heavy atom. The SMILES string of the molecule is O=C1CCc2cc(C#CCBr)ccc2C1. The van der Waals surface area contributed by atoms with E-state index in [9.17, 15) is 4.79 Å². The summed E-state index contributed by atoms with van der Waals surface area (Å²) in [6.07, 6.45) is 2.15. The fourth-order valence-electron chi connectivity index (χ4n) is 1.82. The summed E-state index contributed by atoms with van der Waals surface area (Å²) in [7, 11) is 0. The number of rotatable bonds is 0. The molecule has 0 spiro atoms. The second kappa shape index (κ2) is 4.63. The summed E-state index contributed by atoms with van der Waals surface area (Å²) in [6.45, 7) is 0. The van der Waals surface area contributed by atoms with Crippen LogP contribution in [-0.4, -0.2) is 11.1 Å². The van der Waals surface area contributed by atoms with E-state index < -0.39 is 0 Å². The Morgan fingerprint density at radius 3 is 2.93 bits per heavy atom. The molecule has 1 aromatic rings. The first-order valence-corrected chi connectivity index (χ1v) is 6.10. The van der Waals surface area contributed by atoms with Crippen molar-refractivity contribution in [3.63, 3.8) is 0 Å². The first kappa shape index (κ1) is 10.4. The molecule has 0 bridgehead atoms. The third-order valence-corrected chi connectivity index (χ3v) is 2.85. The first-order valence-electron chi connectivity index (χ1n) is 4.98. The predicted octanol–water partition coefficient (Wildman–Crippen LogP) is 2.49. The van der Waals surface area contributed by atoms with Crippen LogP contribution in [-0.2, 0) is 17.6 Å². The van der Waals surface area contributed by atoms with Crippen molar-refractivity contribution in [2.75, 3.05) is 5.33 Å². The smallest absolute Gasteiger partial charge is 0.137 e. The maximum atomic E-state index is 11.2. The van der Waals surface area contributed by atoms with Crippen molar-refractivity contribution in [3.05, 3.63) is 34.9 Å². The summed E-state index contributed by atoms with van der Waals surface area (Å²) in [6, 6.07) is 6.13. The van der Waals surface area contributed by atoms with E-state index in [-0.39, 0.29) is 0 Å². The Balaban J connectivity index is 2.30. The van der Waals surface area contributed by atoms with Gasteiger partial charge in [0.1, 0.15) is 5.78 Å². The Kier molecular flexibility index (Phi) is 3.23. The lowest BCUT2D eigenvalue weighted by molar-refractivity contribution is -0.118. The standard InChI is InChI=1S/C13H11BrO/c14-7-1-2-10-3-4-12-9-13(15)6-5-11(12)8-10/h3-4,8H,5-7,9H2.